The highest BCUT2D eigenvalue weighted by molar-refractivity contribution is 5.89. The van der Waals surface area contributed by atoms with Crippen LogP contribution in [0.4, 0.5) is 10.5 Å². The predicted molar refractivity (Wildman–Crippen MR) is 102 cm³/mol. The number of ether oxygens (including phenoxy) is 2. The van der Waals surface area contributed by atoms with Crippen molar-refractivity contribution in [1.29, 1.82) is 0 Å². The van der Waals surface area contributed by atoms with E-state index in [0.717, 1.165) is 32.0 Å². The Morgan fingerprint density at radius 2 is 2.04 bits per heavy atom. The fourth-order valence-corrected chi connectivity index (χ4v) is 3.38. The SMILES string of the molecule is Cc1ccc(Oc2ccc(NC(=O)N3CCN4CCOCC4C3)cn2)cc1. The number of amides is 2. The lowest BCUT2D eigenvalue weighted by Gasteiger charge is -2.43. The third-order valence-electron chi connectivity index (χ3n) is 4.96. The number of aromatic nitrogens is 1. The molecule has 2 saturated heterocycles. The van der Waals surface area contributed by atoms with Gasteiger partial charge in [0.25, 0.3) is 0 Å². The van der Waals surface area contributed by atoms with Gasteiger partial charge in [-0.05, 0) is 25.1 Å². The zero-order valence-electron chi connectivity index (χ0n) is 15.4. The molecule has 2 aliphatic heterocycles. The van der Waals surface area contributed by atoms with Crippen molar-refractivity contribution in [3.05, 3.63) is 48.2 Å². The molecule has 3 heterocycles. The van der Waals surface area contributed by atoms with Crippen molar-refractivity contribution in [3.8, 4) is 11.6 Å². The predicted octanol–water partition coefficient (Wildman–Crippen LogP) is 2.73. The first-order chi connectivity index (χ1) is 13.2. The summed E-state index contributed by atoms with van der Waals surface area (Å²) in [7, 11) is 0. The molecule has 142 valence electrons. The summed E-state index contributed by atoms with van der Waals surface area (Å²) in [6, 6.07) is 11.5. The largest absolute Gasteiger partial charge is 0.439 e. The second kappa shape index (κ2) is 7.94. The van der Waals surface area contributed by atoms with Crippen LogP contribution in [0.3, 0.4) is 0 Å². The van der Waals surface area contributed by atoms with E-state index in [0.29, 0.717) is 30.8 Å². The minimum absolute atomic E-state index is 0.103. The summed E-state index contributed by atoms with van der Waals surface area (Å²) < 4.78 is 11.2. The molecule has 1 atom stereocenters. The monoisotopic (exact) mass is 368 g/mol. The van der Waals surface area contributed by atoms with Crippen LogP contribution >= 0.6 is 0 Å². The molecule has 2 aliphatic rings. The number of carbonyl (C=O) groups excluding carboxylic acids is 1. The molecule has 4 rings (SSSR count). The number of hydrogen-bond acceptors (Lipinski definition) is 5. The number of hydrogen-bond donors (Lipinski definition) is 1. The normalized spacial score (nSPS) is 20.0. The van der Waals surface area contributed by atoms with Gasteiger partial charge in [-0.3, -0.25) is 4.90 Å². The fraction of sp³-hybridized carbons (Fsp3) is 0.400. The lowest BCUT2D eigenvalue weighted by Crippen LogP contribution is -2.59. The maximum absolute atomic E-state index is 12.5. The molecular weight excluding hydrogens is 344 g/mol. The Kier molecular flexibility index (Phi) is 5.22. The van der Waals surface area contributed by atoms with Gasteiger partial charge in [0.05, 0.1) is 31.1 Å². The van der Waals surface area contributed by atoms with E-state index >= 15 is 0 Å². The number of urea groups is 1. The van der Waals surface area contributed by atoms with Crippen molar-refractivity contribution in [2.75, 3.05) is 44.7 Å². The highest BCUT2D eigenvalue weighted by Crippen LogP contribution is 2.21. The van der Waals surface area contributed by atoms with Gasteiger partial charge >= 0.3 is 6.03 Å². The van der Waals surface area contributed by atoms with Crippen LogP contribution in [0.1, 0.15) is 5.56 Å². The number of anilines is 1. The molecule has 2 aromatic rings. The molecule has 7 heteroatoms. The van der Waals surface area contributed by atoms with E-state index in [2.05, 4.69) is 15.2 Å². The summed E-state index contributed by atoms with van der Waals surface area (Å²) in [5, 5.41) is 2.92. The summed E-state index contributed by atoms with van der Waals surface area (Å²) in [4.78, 5) is 21.1. The Bertz CT molecular complexity index is 779. The van der Waals surface area contributed by atoms with Crippen LogP contribution < -0.4 is 10.1 Å². The molecule has 2 amide bonds. The molecule has 2 fully saturated rings. The van der Waals surface area contributed by atoms with E-state index in [1.54, 1.807) is 18.3 Å². The lowest BCUT2D eigenvalue weighted by atomic mass is 10.1. The van der Waals surface area contributed by atoms with Crippen LogP contribution in [0.5, 0.6) is 11.6 Å². The first-order valence-electron chi connectivity index (χ1n) is 9.26. The summed E-state index contributed by atoms with van der Waals surface area (Å²) in [6.07, 6.45) is 1.61. The number of pyridine rings is 1. The van der Waals surface area contributed by atoms with Crippen LogP contribution in [-0.2, 0) is 4.74 Å². The van der Waals surface area contributed by atoms with Crippen molar-refractivity contribution in [2.45, 2.75) is 13.0 Å². The molecule has 1 unspecified atom stereocenters. The summed E-state index contributed by atoms with van der Waals surface area (Å²) >= 11 is 0. The van der Waals surface area contributed by atoms with Gasteiger partial charge in [-0.1, -0.05) is 17.7 Å². The van der Waals surface area contributed by atoms with E-state index in [9.17, 15) is 4.79 Å². The molecule has 0 bridgehead atoms. The van der Waals surface area contributed by atoms with Gasteiger partial charge in [-0.15, -0.1) is 0 Å². The highest BCUT2D eigenvalue weighted by atomic mass is 16.5. The molecule has 1 aromatic carbocycles. The number of aryl methyl sites for hydroxylation is 1. The van der Waals surface area contributed by atoms with Gasteiger partial charge in [0.15, 0.2) is 0 Å². The van der Waals surface area contributed by atoms with Crippen molar-refractivity contribution in [3.63, 3.8) is 0 Å². The smallest absolute Gasteiger partial charge is 0.321 e. The Morgan fingerprint density at radius 1 is 1.19 bits per heavy atom. The number of rotatable bonds is 3. The summed E-state index contributed by atoms with van der Waals surface area (Å²) in [6.45, 7) is 6.76. The van der Waals surface area contributed by atoms with Crippen molar-refractivity contribution in [1.82, 2.24) is 14.8 Å². The van der Waals surface area contributed by atoms with Gasteiger partial charge in [-0.25, -0.2) is 9.78 Å². The van der Waals surface area contributed by atoms with Gasteiger partial charge in [-0.2, -0.15) is 0 Å². The molecule has 0 aliphatic carbocycles. The number of piperazine rings is 1. The van der Waals surface area contributed by atoms with Crippen LogP contribution in [0.2, 0.25) is 0 Å². The quantitative estimate of drug-likeness (QED) is 0.902. The Morgan fingerprint density at radius 3 is 2.81 bits per heavy atom. The van der Waals surface area contributed by atoms with Crippen LogP contribution in [0.25, 0.3) is 0 Å². The zero-order valence-corrected chi connectivity index (χ0v) is 15.4. The molecule has 0 radical (unpaired) electrons. The summed E-state index contributed by atoms with van der Waals surface area (Å²) in [5.74, 6) is 1.22. The second-order valence-electron chi connectivity index (χ2n) is 6.94. The first-order valence-corrected chi connectivity index (χ1v) is 9.26. The van der Waals surface area contributed by atoms with Crippen molar-refractivity contribution < 1.29 is 14.3 Å². The minimum atomic E-state index is -0.103. The zero-order chi connectivity index (χ0) is 18.6. The number of nitrogens with zero attached hydrogens (tertiary/aromatic N) is 3. The van der Waals surface area contributed by atoms with E-state index in [4.69, 9.17) is 9.47 Å². The average molecular weight is 368 g/mol. The topological polar surface area (TPSA) is 66.9 Å². The molecule has 1 aromatic heterocycles. The number of benzene rings is 1. The fourth-order valence-electron chi connectivity index (χ4n) is 3.38. The number of fused-ring (bicyclic) bond motifs is 1. The average Bonchev–Trinajstić information content (AvgIpc) is 2.71. The maximum atomic E-state index is 12.5. The Balaban J connectivity index is 1.32. The molecule has 1 N–H and O–H groups in total. The Hall–Kier alpha value is -2.64. The highest BCUT2D eigenvalue weighted by Gasteiger charge is 2.31. The van der Waals surface area contributed by atoms with Crippen molar-refractivity contribution >= 4 is 11.7 Å². The lowest BCUT2D eigenvalue weighted by molar-refractivity contribution is -0.0355. The van der Waals surface area contributed by atoms with Crippen LogP contribution in [0, 0.1) is 6.92 Å². The maximum Gasteiger partial charge on any atom is 0.321 e. The third-order valence-corrected chi connectivity index (χ3v) is 4.96. The number of nitrogens with one attached hydrogen (secondary N) is 1. The van der Waals surface area contributed by atoms with Crippen molar-refractivity contribution in [2.24, 2.45) is 0 Å². The minimum Gasteiger partial charge on any atom is -0.439 e. The Labute approximate surface area is 158 Å². The van der Waals surface area contributed by atoms with Gasteiger partial charge in [0.2, 0.25) is 5.88 Å². The van der Waals surface area contributed by atoms with E-state index in [-0.39, 0.29) is 6.03 Å². The van der Waals surface area contributed by atoms with Crippen LogP contribution in [0.15, 0.2) is 42.6 Å². The van der Waals surface area contributed by atoms with Gasteiger partial charge < -0.3 is 19.7 Å². The van der Waals surface area contributed by atoms with Gasteiger partial charge in [0, 0.05) is 32.2 Å². The number of carbonyl (C=O) groups is 1. The van der Waals surface area contributed by atoms with Crippen LogP contribution in [-0.4, -0.2) is 66.2 Å². The molecule has 27 heavy (non-hydrogen) atoms. The molecule has 0 saturated carbocycles. The summed E-state index contributed by atoms with van der Waals surface area (Å²) in [5.41, 5.74) is 1.83. The third kappa shape index (κ3) is 4.37. The molecule has 0 spiro atoms. The van der Waals surface area contributed by atoms with Gasteiger partial charge in [0.1, 0.15) is 5.75 Å². The molecular formula is C20H24N4O3. The van der Waals surface area contributed by atoms with E-state index in [1.807, 2.05) is 36.1 Å². The molecule has 7 nitrogen and oxygen atoms in total. The first kappa shape index (κ1) is 17.8. The second-order valence-corrected chi connectivity index (χ2v) is 6.94. The van der Waals surface area contributed by atoms with E-state index in [1.165, 1.54) is 5.56 Å². The number of morpholine rings is 1. The standard InChI is InChI=1S/C20H24N4O3/c1-15-2-5-18(6-3-15)27-19-7-4-16(12-21-19)22-20(25)24-9-8-23-10-11-26-14-17(23)13-24/h2-7,12,17H,8-11,13-14H2,1H3,(H,22,25). The van der Waals surface area contributed by atoms with E-state index < -0.39 is 0 Å².